The molecule has 1 amide bonds. The highest BCUT2D eigenvalue weighted by molar-refractivity contribution is 5.67. The van der Waals surface area contributed by atoms with Crippen LogP contribution in [0.4, 0.5) is 4.79 Å². The monoisotopic (exact) mass is 274 g/mol. The lowest BCUT2D eigenvalue weighted by atomic mass is 10.2. The fraction of sp³-hybridized carbons (Fsp3) is 0.929. The zero-order chi connectivity index (χ0) is 14.7. The van der Waals surface area contributed by atoms with Crippen LogP contribution in [-0.2, 0) is 4.74 Å². The van der Waals surface area contributed by atoms with E-state index in [0.717, 1.165) is 32.2 Å². The third-order valence-corrected chi connectivity index (χ3v) is 2.53. The van der Waals surface area contributed by atoms with Crippen LogP contribution in [0.2, 0.25) is 0 Å². The Labute approximate surface area is 117 Å². The maximum Gasteiger partial charge on any atom is 0.407 e. The van der Waals surface area contributed by atoms with Gasteiger partial charge >= 0.3 is 6.09 Å². The van der Waals surface area contributed by atoms with E-state index in [1.165, 1.54) is 0 Å². The van der Waals surface area contributed by atoms with Crippen LogP contribution in [0.1, 0.15) is 53.4 Å². The van der Waals surface area contributed by atoms with E-state index in [1.54, 1.807) is 0 Å². The molecule has 0 saturated heterocycles. The molecule has 114 valence electrons. The SMILES string of the molecule is CC(CNC(=O)OC(C)(C)C)NCCCCCCO. The highest BCUT2D eigenvalue weighted by Crippen LogP contribution is 2.06. The maximum atomic E-state index is 11.4. The first-order valence-electron chi connectivity index (χ1n) is 7.16. The molecule has 1 atom stereocenters. The molecule has 0 aliphatic carbocycles. The zero-order valence-corrected chi connectivity index (χ0v) is 12.8. The van der Waals surface area contributed by atoms with Crippen LogP contribution in [0.3, 0.4) is 0 Å². The summed E-state index contributed by atoms with van der Waals surface area (Å²) in [6.07, 6.45) is 3.80. The van der Waals surface area contributed by atoms with Gasteiger partial charge in [-0.25, -0.2) is 4.79 Å². The lowest BCUT2D eigenvalue weighted by Crippen LogP contribution is -2.41. The number of hydrogen-bond donors (Lipinski definition) is 3. The van der Waals surface area contributed by atoms with Gasteiger partial charge in [-0.1, -0.05) is 12.8 Å². The molecule has 0 heterocycles. The fourth-order valence-corrected chi connectivity index (χ4v) is 1.56. The molecule has 0 spiro atoms. The van der Waals surface area contributed by atoms with Gasteiger partial charge in [-0.15, -0.1) is 0 Å². The Hall–Kier alpha value is -0.810. The summed E-state index contributed by atoms with van der Waals surface area (Å²) in [5, 5.41) is 14.7. The number of aliphatic hydroxyl groups is 1. The van der Waals surface area contributed by atoms with Crippen molar-refractivity contribution in [3.63, 3.8) is 0 Å². The second-order valence-corrected chi connectivity index (χ2v) is 5.88. The van der Waals surface area contributed by atoms with Crippen LogP contribution < -0.4 is 10.6 Å². The van der Waals surface area contributed by atoms with E-state index in [0.29, 0.717) is 6.54 Å². The first kappa shape index (κ1) is 18.2. The minimum atomic E-state index is -0.451. The van der Waals surface area contributed by atoms with Gasteiger partial charge in [0.15, 0.2) is 0 Å². The molecule has 0 saturated carbocycles. The average Bonchev–Trinajstić information content (AvgIpc) is 2.29. The van der Waals surface area contributed by atoms with Crippen LogP contribution in [-0.4, -0.2) is 42.5 Å². The van der Waals surface area contributed by atoms with Gasteiger partial charge < -0.3 is 20.5 Å². The van der Waals surface area contributed by atoms with E-state index in [2.05, 4.69) is 10.6 Å². The van der Waals surface area contributed by atoms with Crippen LogP contribution in [0, 0.1) is 0 Å². The van der Waals surface area contributed by atoms with Crippen molar-refractivity contribution in [2.75, 3.05) is 19.7 Å². The van der Waals surface area contributed by atoms with Crippen molar-refractivity contribution in [3.8, 4) is 0 Å². The zero-order valence-electron chi connectivity index (χ0n) is 12.8. The molecule has 0 aromatic carbocycles. The average molecular weight is 274 g/mol. The van der Waals surface area contributed by atoms with Crippen LogP contribution >= 0.6 is 0 Å². The number of carbonyl (C=O) groups excluding carboxylic acids is 1. The van der Waals surface area contributed by atoms with Gasteiger partial charge in [0.05, 0.1) is 0 Å². The van der Waals surface area contributed by atoms with Crippen molar-refractivity contribution in [2.24, 2.45) is 0 Å². The van der Waals surface area contributed by atoms with E-state index in [4.69, 9.17) is 9.84 Å². The number of carbonyl (C=O) groups is 1. The molecular weight excluding hydrogens is 244 g/mol. The largest absolute Gasteiger partial charge is 0.444 e. The summed E-state index contributed by atoms with van der Waals surface area (Å²) >= 11 is 0. The molecule has 0 aromatic rings. The summed E-state index contributed by atoms with van der Waals surface area (Å²) in [5.74, 6) is 0. The van der Waals surface area contributed by atoms with E-state index >= 15 is 0 Å². The molecule has 0 bridgehead atoms. The van der Waals surface area contributed by atoms with Gasteiger partial charge in [-0.3, -0.25) is 0 Å². The fourth-order valence-electron chi connectivity index (χ4n) is 1.56. The topological polar surface area (TPSA) is 70.6 Å². The second kappa shape index (κ2) is 10.0. The van der Waals surface area contributed by atoms with Gasteiger partial charge in [0.1, 0.15) is 5.60 Å². The van der Waals surface area contributed by atoms with Crippen molar-refractivity contribution in [1.82, 2.24) is 10.6 Å². The summed E-state index contributed by atoms with van der Waals surface area (Å²) in [4.78, 5) is 11.4. The second-order valence-electron chi connectivity index (χ2n) is 5.88. The van der Waals surface area contributed by atoms with Crippen molar-refractivity contribution in [3.05, 3.63) is 0 Å². The number of alkyl carbamates (subject to hydrolysis) is 1. The number of ether oxygens (including phenoxy) is 1. The molecular formula is C14H30N2O3. The standard InChI is InChI=1S/C14H30N2O3/c1-12(15-9-7-5-6-8-10-17)11-16-13(18)19-14(2,3)4/h12,15,17H,5-11H2,1-4H3,(H,16,18). The molecule has 0 radical (unpaired) electrons. The number of rotatable bonds is 9. The quantitative estimate of drug-likeness (QED) is 0.563. The summed E-state index contributed by atoms with van der Waals surface area (Å²) in [5.41, 5.74) is -0.451. The van der Waals surface area contributed by atoms with Gasteiger partial charge in [0, 0.05) is 19.2 Å². The number of unbranched alkanes of at least 4 members (excludes halogenated alkanes) is 3. The molecule has 1 unspecified atom stereocenters. The number of amides is 1. The smallest absolute Gasteiger partial charge is 0.407 e. The molecule has 5 heteroatoms. The highest BCUT2D eigenvalue weighted by Gasteiger charge is 2.16. The molecule has 0 aliphatic rings. The van der Waals surface area contributed by atoms with Crippen LogP contribution in [0.5, 0.6) is 0 Å². The van der Waals surface area contributed by atoms with Gasteiger partial charge in [-0.2, -0.15) is 0 Å². The molecule has 0 rings (SSSR count). The lowest BCUT2D eigenvalue weighted by molar-refractivity contribution is 0.0523. The predicted molar refractivity (Wildman–Crippen MR) is 77.3 cm³/mol. The normalized spacial score (nSPS) is 13.1. The summed E-state index contributed by atoms with van der Waals surface area (Å²) < 4.78 is 5.16. The van der Waals surface area contributed by atoms with E-state index in [9.17, 15) is 4.79 Å². The molecule has 19 heavy (non-hydrogen) atoms. The molecule has 0 fully saturated rings. The maximum absolute atomic E-state index is 11.4. The van der Waals surface area contributed by atoms with E-state index in [-0.39, 0.29) is 18.7 Å². The van der Waals surface area contributed by atoms with Gasteiger partial charge in [0.2, 0.25) is 0 Å². The summed E-state index contributed by atoms with van der Waals surface area (Å²) in [7, 11) is 0. The lowest BCUT2D eigenvalue weighted by Gasteiger charge is -2.21. The van der Waals surface area contributed by atoms with Crippen molar-refractivity contribution < 1.29 is 14.6 Å². The third kappa shape index (κ3) is 13.4. The molecule has 0 aliphatic heterocycles. The Morgan fingerprint density at radius 2 is 1.84 bits per heavy atom. The Bertz CT molecular complexity index is 239. The van der Waals surface area contributed by atoms with Crippen molar-refractivity contribution >= 4 is 6.09 Å². The predicted octanol–water partition coefficient (Wildman–Crippen LogP) is 2.04. The Balaban J connectivity index is 3.48. The number of hydrogen-bond acceptors (Lipinski definition) is 4. The first-order chi connectivity index (χ1) is 8.85. The van der Waals surface area contributed by atoms with E-state index in [1.807, 2.05) is 27.7 Å². The molecule has 3 N–H and O–H groups in total. The van der Waals surface area contributed by atoms with Crippen LogP contribution in [0.25, 0.3) is 0 Å². The molecule has 0 aromatic heterocycles. The van der Waals surface area contributed by atoms with Crippen molar-refractivity contribution in [1.29, 1.82) is 0 Å². The molecule has 5 nitrogen and oxygen atoms in total. The van der Waals surface area contributed by atoms with Crippen LogP contribution in [0.15, 0.2) is 0 Å². The highest BCUT2D eigenvalue weighted by atomic mass is 16.6. The van der Waals surface area contributed by atoms with E-state index < -0.39 is 5.60 Å². The van der Waals surface area contributed by atoms with Gasteiger partial charge in [-0.05, 0) is 47.1 Å². The summed E-state index contributed by atoms with van der Waals surface area (Å²) in [6, 6.07) is 0.227. The van der Waals surface area contributed by atoms with Crippen molar-refractivity contribution in [2.45, 2.75) is 65.0 Å². The Kier molecular flexibility index (Phi) is 9.61. The minimum Gasteiger partial charge on any atom is -0.444 e. The number of nitrogens with one attached hydrogen (secondary N) is 2. The number of aliphatic hydroxyl groups excluding tert-OH is 1. The first-order valence-corrected chi connectivity index (χ1v) is 7.16. The Morgan fingerprint density at radius 3 is 2.42 bits per heavy atom. The Morgan fingerprint density at radius 1 is 1.21 bits per heavy atom. The van der Waals surface area contributed by atoms with Gasteiger partial charge in [0.25, 0.3) is 0 Å². The third-order valence-electron chi connectivity index (χ3n) is 2.53. The summed E-state index contributed by atoms with van der Waals surface area (Å²) in [6.45, 7) is 9.35. The minimum absolute atomic E-state index is 0.227.